The van der Waals surface area contributed by atoms with Crippen molar-refractivity contribution in [2.45, 2.75) is 39.9 Å². The van der Waals surface area contributed by atoms with Crippen LogP contribution in [0.4, 0.5) is 9.52 Å². The molecular weight excluding hydrogens is 285 g/mol. The Kier molecular flexibility index (Phi) is 5.31. The van der Waals surface area contributed by atoms with Crippen LogP contribution in [0.2, 0.25) is 0 Å². The van der Waals surface area contributed by atoms with Gasteiger partial charge >= 0.3 is 0 Å². The van der Waals surface area contributed by atoms with E-state index in [1.54, 1.807) is 23.5 Å². The van der Waals surface area contributed by atoms with Gasteiger partial charge < -0.3 is 10.2 Å². The van der Waals surface area contributed by atoms with Crippen LogP contribution >= 0.6 is 11.3 Å². The van der Waals surface area contributed by atoms with Gasteiger partial charge in [-0.3, -0.25) is 0 Å². The smallest absolute Gasteiger partial charge is 0.185 e. The Bertz CT molecular complexity index is 595. The Balaban J connectivity index is 2.05. The van der Waals surface area contributed by atoms with Crippen LogP contribution in [0.3, 0.4) is 0 Å². The molecule has 0 saturated carbocycles. The Labute approximate surface area is 129 Å². The van der Waals surface area contributed by atoms with Crippen molar-refractivity contribution < 1.29 is 4.39 Å². The topological polar surface area (TPSA) is 28.2 Å². The molecule has 2 aromatic rings. The number of halogens is 1. The van der Waals surface area contributed by atoms with Crippen LogP contribution in [0.5, 0.6) is 0 Å². The summed E-state index contributed by atoms with van der Waals surface area (Å²) in [6.07, 6.45) is 0. The zero-order valence-corrected chi connectivity index (χ0v) is 13.8. The molecule has 0 aliphatic carbocycles. The first-order chi connectivity index (χ1) is 9.95. The molecule has 1 aromatic carbocycles. The molecule has 0 atom stereocenters. The molecule has 1 heterocycles. The molecule has 0 bridgehead atoms. The summed E-state index contributed by atoms with van der Waals surface area (Å²) in [6.45, 7) is 7.80. The highest BCUT2D eigenvalue weighted by Gasteiger charge is 2.12. The predicted molar refractivity (Wildman–Crippen MR) is 87.3 cm³/mol. The van der Waals surface area contributed by atoms with Gasteiger partial charge in [0.15, 0.2) is 5.13 Å². The predicted octanol–water partition coefficient (Wildman–Crippen LogP) is 3.73. The Hall–Kier alpha value is -1.46. The number of hydrogen-bond donors (Lipinski definition) is 1. The lowest BCUT2D eigenvalue weighted by molar-refractivity contribution is 0.591. The fourth-order valence-electron chi connectivity index (χ4n) is 2.01. The minimum atomic E-state index is -0.196. The van der Waals surface area contributed by atoms with E-state index in [-0.39, 0.29) is 5.82 Å². The number of hydrogen-bond acceptors (Lipinski definition) is 4. The van der Waals surface area contributed by atoms with Gasteiger partial charge in [0, 0.05) is 31.1 Å². The summed E-state index contributed by atoms with van der Waals surface area (Å²) in [5.74, 6) is -0.196. The van der Waals surface area contributed by atoms with E-state index < -0.39 is 0 Å². The first-order valence-electron chi connectivity index (χ1n) is 7.11. The minimum Gasteiger partial charge on any atom is -0.347 e. The largest absolute Gasteiger partial charge is 0.347 e. The van der Waals surface area contributed by atoms with Crippen LogP contribution in [-0.2, 0) is 13.1 Å². The molecule has 21 heavy (non-hydrogen) atoms. The molecule has 0 amide bonds. The van der Waals surface area contributed by atoms with Gasteiger partial charge in [0.05, 0.1) is 5.69 Å². The highest BCUT2D eigenvalue weighted by atomic mass is 32.1. The maximum absolute atomic E-state index is 13.2. The van der Waals surface area contributed by atoms with Crippen LogP contribution in [-0.4, -0.2) is 18.1 Å². The minimum absolute atomic E-state index is 0.196. The number of aromatic nitrogens is 1. The van der Waals surface area contributed by atoms with E-state index in [9.17, 15) is 4.39 Å². The fourth-order valence-corrected chi connectivity index (χ4v) is 2.99. The van der Waals surface area contributed by atoms with Crippen molar-refractivity contribution in [2.75, 3.05) is 11.9 Å². The lowest BCUT2D eigenvalue weighted by Crippen LogP contribution is -2.21. The number of rotatable bonds is 6. The van der Waals surface area contributed by atoms with Crippen molar-refractivity contribution in [3.05, 3.63) is 46.2 Å². The molecule has 1 aromatic heterocycles. The number of thiazole rings is 1. The number of anilines is 1. The second-order valence-corrected chi connectivity index (χ2v) is 6.59. The molecule has 0 radical (unpaired) electrons. The number of nitrogens with one attached hydrogen (secondary N) is 1. The zero-order chi connectivity index (χ0) is 15.4. The van der Waals surface area contributed by atoms with Crippen molar-refractivity contribution >= 4 is 16.5 Å². The summed E-state index contributed by atoms with van der Waals surface area (Å²) >= 11 is 1.69. The molecule has 0 aliphatic rings. The average molecular weight is 307 g/mol. The third-order valence-electron chi connectivity index (χ3n) is 3.19. The Morgan fingerprint density at radius 1 is 1.38 bits per heavy atom. The molecule has 0 unspecified atom stereocenters. The number of nitrogens with zero attached hydrogens (tertiary/aromatic N) is 2. The molecule has 0 fully saturated rings. The average Bonchev–Trinajstić information content (AvgIpc) is 2.78. The summed E-state index contributed by atoms with van der Waals surface area (Å²) < 4.78 is 13.2. The highest BCUT2D eigenvalue weighted by Crippen LogP contribution is 2.26. The standard InChI is InChI=1S/C16H22FN3S/c1-11(2)18-9-15-12(3)19-16(21-15)20(4)10-13-6-5-7-14(17)8-13/h5-8,11,18H,9-10H2,1-4H3. The van der Waals surface area contributed by atoms with Gasteiger partial charge in [0.25, 0.3) is 0 Å². The molecule has 0 aliphatic heterocycles. The van der Waals surface area contributed by atoms with Crippen LogP contribution < -0.4 is 10.2 Å². The van der Waals surface area contributed by atoms with Gasteiger partial charge in [0.2, 0.25) is 0 Å². The molecule has 2 rings (SSSR count). The molecule has 0 saturated heterocycles. The lowest BCUT2D eigenvalue weighted by Gasteiger charge is -2.15. The maximum atomic E-state index is 13.2. The van der Waals surface area contributed by atoms with E-state index in [1.165, 1.54) is 10.9 Å². The monoisotopic (exact) mass is 307 g/mol. The van der Waals surface area contributed by atoms with E-state index in [0.717, 1.165) is 22.9 Å². The Morgan fingerprint density at radius 2 is 2.14 bits per heavy atom. The van der Waals surface area contributed by atoms with Crippen LogP contribution in [0.1, 0.15) is 30.0 Å². The summed E-state index contributed by atoms with van der Waals surface area (Å²) in [4.78, 5) is 7.93. The first-order valence-corrected chi connectivity index (χ1v) is 7.92. The van der Waals surface area contributed by atoms with E-state index in [0.29, 0.717) is 12.6 Å². The number of benzene rings is 1. The summed E-state index contributed by atoms with van der Waals surface area (Å²) in [7, 11) is 1.99. The van der Waals surface area contributed by atoms with Crippen molar-refractivity contribution in [3.63, 3.8) is 0 Å². The molecule has 114 valence electrons. The van der Waals surface area contributed by atoms with Gasteiger partial charge in [-0.2, -0.15) is 0 Å². The number of aryl methyl sites for hydroxylation is 1. The van der Waals surface area contributed by atoms with Gasteiger partial charge in [-0.1, -0.05) is 26.0 Å². The van der Waals surface area contributed by atoms with Crippen molar-refractivity contribution in [3.8, 4) is 0 Å². The lowest BCUT2D eigenvalue weighted by atomic mass is 10.2. The van der Waals surface area contributed by atoms with E-state index in [4.69, 9.17) is 0 Å². The van der Waals surface area contributed by atoms with Crippen LogP contribution in [0, 0.1) is 12.7 Å². The quantitative estimate of drug-likeness (QED) is 0.881. The molecule has 5 heteroatoms. The molecule has 0 spiro atoms. The van der Waals surface area contributed by atoms with Crippen molar-refractivity contribution in [1.29, 1.82) is 0 Å². The second-order valence-electron chi connectivity index (χ2n) is 5.53. The third-order valence-corrected chi connectivity index (χ3v) is 4.46. The van der Waals surface area contributed by atoms with Gasteiger partial charge in [0.1, 0.15) is 5.82 Å². The van der Waals surface area contributed by atoms with Crippen LogP contribution in [0.15, 0.2) is 24.3 Å². The molecule has 3 nitrogen and oxygen atoms in total. The second kappa shape index (κ2) is 7.00. The van der Waals surface area contributed by atoms with Gasteiger partial charge in [-0.25, -0.2) is 9.37 Å². The van der Waals surface area contributed by atoms with Crippen molar-refractivity contribution in [1.82, 2.24) is 10.3 Å². The van der Waals surface area contributed by atoms with Crippen LogP contribution in [0.25, 0.3) is 0 Å². The maximum Gasteiger partial charge on any atom is 0.185 e. The van der Waals surface area contributed by atoms with E-state index in [1.807, 2.05) is 20.0 Å². The summed E-state index contributed by atoms with van der Waals surface area (Å²) in [5.41, 5.74) is 2.02. The summed E-state index contributed by atoms with van der Waals surface area (Å²) in [5, 5.41) is 4.38. The first kappa shape index (κ1) is 15.9. The molecule has 1 N–H and O–H groups in total. The zero-order valence-electron chi connectivity index (χ0n) is 13.0. The third kappa shape index (κ3) is 4.51. The normalized spacial score (nSPS) is 11.1. The SMILES string of the molecule is Cc1nc(N(C)Cc2cccc(F)c2)sc1CNC(C)C. The van der Waals surface area contributed by atoms with E-state index >= 15 is 0 Å². The van der Waals surface area contributed by atoms with E-state index in [2.05, 4.69) is 29.0 Å². The highest BCUT2D eigenvalue weighted by molar-refractivity contribution is 7.15. The summed E-state index contributed by atoms with van der Waals surface area (Å²) in [6, 6.07) is 7.16. The van der Waals surface area contributed by atoms with Gasteiger partial charge in [-0.15, -0.1) is 11.3 Å². The Morgan fingerprint density at radius 3 is 2.81 bits per heavy atom. The molecular formula is C16H22FN3S. The van der Waals surface area contributed by atoms with Gasteiger partial charge in [-0.05, 0) is 24.6 Å². The van der Waals surface area contributed by atoms with Crippen molar-refractivity contribution in [2.24, 2.45) is 0 Å². The fraction of sp³-hybridized carbons (Fsp3) is 0.438.